The number of ether oxygens (including phenoxy) is 1. The van der Waals surface area contributed by atoms with Gasteiger partial charge in [-0.1, -0.05) is 11.6 Å². The number of nitriles is 1. The van der Waals surface area contributed by atoms with Crippen molar-refractivity contribution in [2.45, 2.75) is 25.4 Å². The summed E-state index contributed by atoms with van der Waals surface area (Å²) in [5.74, 6) is 0.637. The molecule has 17 heavy (non-hydrogen) atoms. The van der Waals surface area contributed by atoms with Crippen LogP contribution >= 0.6 is 11.6 Å². The summed E-state index contributed by atoms with van der Waals surface area (Å²) in [7, 11) is 0. The topological polar surface area (TPSA) is 61.7 Å². The summed E-state index contributed by atoms with van der Waals surface area (Å²) < 4.78 is 5.91. The van der Waals surface area contributed by atoms with E-state index in [4.69, 9.17) is 21.6 Å². The van der Waals surface area contributed by atoms with Crippen LogP contribution in [0.2, 0.25) is 5.15 Å². The smallest absolute Gasteiger partial charge is 0.144 e. The van der Waals surface area contributed by atoms with E-state index in [0.717, 1.165) is 12.8 Å². The zero-order chi connectivity index (χ0) is 12.0. The first-order valence-corrected chi connectivity index (χ1v) is 5.76. The molecule has 0 atom stereocenters. The molecule has 0 aliphatic heterocycles. The van der Waals surface area contributed by atoms with E-state index in [-0.39, 0.29) is 5.60 Å². The number of rotatable bonds is 2. The van der Waals surface area contributed by atoms with Gasteiger partial charge in [0.15, 0.2) is 0 Å². The predicted octanol–water partition coefficient (Wildman–Crippen LogP) is 3.02. The Bertz CT molecular complexity index is 637. The molecule has 2 heterocycles. The normalized spacial score (nSPS) is 16.8. The van der Waals surface area contributed by atoms with E-state index in [9.17, 15) is 0 Å². The molecule has 0 bridgehead atoms. The van der Waals surface area contributed by atoms with Crippen molar-refractivity contribution in [1.29, 1.82) is 5.26 Å². The van der Waals surface area contributed by atoms with Crippen LogP contribution in [0.15, 0.2) is 12.3 Å². The molecule has 0 aromatic carbocycles. The number of aromatic nitrogens is 2. The highest BCUT2D eigenvalue weighted by molar-refractivity contribution is 6.30. The lowest BCUT2D eigenvalue weighted by Gasteiger charge is -2.13. The van der Waals surface area contributed by atoms with Crippen LogP contribution in [0.4, 0.5) is 0 Å². The summed E-state index contributed by atoms with van der Waals surface area (Å²) in [5.41, 5.74) is 1.01. The van der Waals surface area contributed by atoms with Crippen molar-refractivity contribution in [2.75, 3.05) is 0 Å². The second-order valence-electron chi connectivity index (χ2n) is 4.53. The van der Waals surface area contributed by atoms with Crippen LogP contribution < -0.4 is 4.74 Å². The Morgan fingerprint density at radius 1 is 1.59 bits per heavy atom. The number of nitrogens with zero attached hydrogens (tertiary/aromatic N) is 2. The SMILES string of the molecule is CC1(Oc2cc(Cl)nc3[nH]cc(C#N)c23)CC1. The van der Waals surface area contributed by atoms with Crippen LogP contribution in [0.5, 0.6) is 5.75 Å². The molecule has 0 spiro atoms. The molecule has 0 radical (unpaired) electrons. The maximum atomic E-state index is 9.05. The zero-order valence-corrected chi connectivity index (χ0v) is 10.0. The summed E-state index contributed by atoms with van der Waals surface area (Å²) in [6.07, 6.45) is 3.68. The summed E-state index contributed by atoms with van der Waals surface area (Å²) in [4.78, 5) is 7.06. The van der Waals surface area contributed by atoms with Gasteiger partial charge in [-0.3, -0.25) is 0 Å². The maximum Gasteiger partial charge on any atom is 0.144 e. The second kappa shape index (κ2) is 3.38. The Labute approximate surface area is 103 Å². The Hall–Kier alpha value is -1.73. The number of halogens is 1. The molecule has 3 rings (SSSR count). The van der Waals surface area contributed by atoms with Gasteiger partial charge in [-0.15, -0.1) is 0 Å². The first-order valence-electron chi connectivity index (χ1n) is 5.38. The highest BCUT2D eigenvalue weighted by Crippen LogP contribution is 2.42. The highest BCUT2D eigenvalue weighted by atomic mass is 35.5. The van der Waals surface area contributed by atoms with Gasteiger partial charge in [-0.05, 0) is 19.8 Å². The fourth-order valence-electron chi connectivity index (χ4n) is 1.78. The number of pyridine rings is 1. The first kappa shape index (κ1) is 10.4. The lowest BCUT2D eigenvalue weighted by Crippen LogP contribution is -2.12. The quantitative estimate of drug-likeness (QED) is 0.830. The average molecular weight is 248 g/mol. The van der Waals surface area contributed by atoms with Gasteiger partial charge in [0.05, 0.1) is 10.9 Å². The Morgan fingerprint density at radius 3 is 3.00 bits per heavy atom. The molecule has 0 amide bonds. The van der Waals surface area contributed by atoms with Crippen molar-refractivity contribution in [3.8, 4) is 11.8 Å². The van der Waals surface area contributed by atoms with E-state index in [1.807, 2.05) is 6.92 Å². The van der Waals surface area contributed by atoms with E-state index in [1.54, 1.807) is 12.3 Å². The van der Waals surface area contributed by atoms with Gasteiger partial charge >= 0.3 is 0 Å². The molecule has 2 aromatic heterocycles. The molecule has 1 saturated carbocycles. The van der Waals surface area contributed by atoms with Gasteiger partial charge in [-0.25, -0.2) is 4.98 Å². The van der Waals surface area contributed by atoms with Crippen LogP contribution in [-0.4, -0.2) is 15.6 Å². The number of nitrogens with one attached hydrogen (secondary N) is 1. The molecular weight excluding hydrogens is 238 g/mol. The molecular formula is C12H10ClN3O. The molecule has 86 valence electrons. The molecule has 0 unspecified atom stereocenters. The summed E-state index contributed by atoms with van der Waals surface area (Å²) in [6, 6.07) is 3.79. The van der Waals surface area contributed by atoms with Gasteiger partial charge in [0.25, 0.3) is 0 Å². The number of hydrogen-bond acceptors (Lipinski definition) is 3. The van der Waals surface area contributed by atoms with Crippen LogP contribution in [0, 0.1) is 11.3 Å². The molecule has 1 aliphatic rings. The van der Waals surface area contributed by atoms with Crippen LogP contribution in [0.3, 0.4) is 0 Å². The van der Waals surface area contributed by atoms with E-state index >= 15 is 0 Å². The maximum absolute atomic E-state index is 9.05. The highest BCUT2D eigenvalue weighted by Gasteiger charge is 2.40. The first-order chi connectivity index (χ1) is 8.11. The lowest BCUT2D eigenvalue weighted by atomic mass is 10.2. The molecule has 5 heteroatoms. The van der Waals surface area contributed by atoms with Crippen molar-refractivity contribution in [3.63, 3.8) is 0 Å². The van der Waals surface area contributed by atoms with Crippen LogP contribution in [0.1, 0.15) is 25.3 Å². The zero-order valence-electron chi connectivity index (χ0n) is 9.25. The predicted molar refractivity (Wildman–Crippen MR) is 64.1 cm³/mol. The van der Waals surface area contributed by atoms with Gasteiger partial charge < -0.3 is 9.72 Å². The third-order valence-corrected chi connectivity index (χ3v) is 3.20. The van der Waals surface area contributed by atoms with Gasteiger partial charge in [0, 0.05) is 12.3 Å². The lowest BCUT2D eigenvalue weighted by molar-refractivity contribution is 0.203. The number of H-pyrrole nitrogens is 1. The van der Waals surface area contributed by atoms with Crippen LogP contribution in [0.25, 0.3) is 11.0 Å². The van der Waals surface area contributed by atoms with E-state index < -0.39 is 0 Å². The van der Waals surface area contributed by atoms with Crippen molar-refractivity contribution in [1.82, 2.24) is 9.97 Å². The molecule has 0 saturated heterocycles. The molecule has 1 aliphatic carbocycles. The summed E-state index contributed by atoms with van der Waals surface area (Å²) in [5, 5.41) is 10.1. The summed E-state index contributed by atoms with van der Waals surface area (Å²) in [6.45, 7) is 2.05. The van der Waals surface area contributed by atoms with Crippen molar-refractivity contribution < 1.29 is 4.74 Å². The Balaban J connectivity index is 2.20. The Morgan fingerprint density at radius 2 is 2.35 bits per heavy atom. The molecule has 4 nitrogen and oxygen atoms in total. The average Bonchev–Trinajstić information content (AvgIpc) is 2.86. The van der Waals surface area contributed by atoms with Crippen LogP contribution in [-0.2, 0) is 0 Å². The van der Waals surface area contributed by atoms with E-state index in [2.05, 4.69) is 16.0 Å². The standard InChI is InChI=1S/C12H10ClN3O/c1-12(2-3-12)17-8-4-9(13)16-11-10(8)7(5-14)6-15-11/h4,6H,2-3H2,1H3,(H,15,16). The number of fused-ring (bicyclic) bond motifs is 1. The number of aromatic amines is 1. The van der Waals surface area contributed by atoms with Gasteiger partial charge in [0.1, 0.15) is 28.2 Å². The van der Waals surface area contributed by atoms with E-state index in [1.165, 1.54) is 0 Å². The summed E-state index contributed by atoms with van der Waals surface area (Å²) >= 11 is 5.93. The molecule has 1 N–H and O–H groups in total. The monoisotopic (exact) mass is 247 g/mol. The fourth-order valence-corrected chi connectivity index (χ4v) is 1.97. The minimum Gasteiger partial charge on any atom is -0.487 e. The van der Waals surface area contributed by atoms with Gasteiger partial charge in [-0.2, -0.15) is 5.26 Å². The minimum atomic E-state index is -0.110. The van der Waals surface area contributed by atoms with Crippen molar-refractivity contribution in [3.05, 3.63) is 23.0 Å². The van der Waals surface area contributed by atoms with Gasteiger partial charge in [0.2, 0.25) is 0 Å². The van der Waals surface area contributed by atoms with Crippen molar-refractivity contribution >= 4 is 22.6 Å². The third-order valence-electron chi connectivity index (χ3n) is 3.01. The number of hydrogen-bond donors (Lipinski definition) is 1. The second-order valence-corrected chi connectivity index (χ2v) is 4.92. The minimum absolute atomic E-state index is 0.110. The molecule has 2 aromatic rings. The third kappa shape index (κ3) is 1.73. The largest absolute Gasteiger partial charge is 0.487 e. The van der Waals surface area contributed by atoms with E-state index in [0.29, 0.717) is 27.5 Å². The molecule has 1 fully saturated rings. The van der Waals surface area contributed by atoms with Crippen molar-refractivity contribution in [2.24, 2.45) is 0 Å². The fraction of sp³-hybridized carbons (Fsp3) is 0.333. The Kier molecular flexibility index (Phi) is 2.07.